The van der Waals surface area contributed by atoms with Gasteiger partial charge in [0.2, 0.25) is 0 Å². The van der Waals surface area contributed by atoms with Crippen LogP contribution in [0.15, 0.2) is 84.9 Å². The number of fused-ring (bicyclic) bond motifs is 2. The molecule has 0 aliphatic heterocycles. The second-order valence-electron chi connectivity index (χ2n) is 4.81. The van der Waals surface area contributed by atoms with Crippen LogP contribution in [0.1, 0.15) is 0 Å². The van der Waals surface area contributed by atoms with Gasteiger partial charge < -0.3 is 0 Å². The van der Waals surface area contributed by atoms with E-state index in [9.17, 15) is 0 Å². The van der Waals surface area contributed by atoms with Crippen LogP contribution in [0.25, 0.3) is 21.5 Å². The third kappa shape index (κ3) is 7.93. The molecule has 0 amide bonds. The van der Waals surface area contributed by atoms with Gasteiger partial charge in [-0.15, -0.1) is 84.1 Å². The van der Waals surface area contributed by atoms with Crippen LogP contribution in [0, 0.1) is 0 Å². The molecule has 4 aromatic rings. The van der Waals surface area contributed by atoms with E-state index >= 15 is 0 Å². The summed E-state index contributed by atoms with van der Waals surface area (Å²) in [5.41, 5.74) is 0. The molecule has 0 nitrogen and oxygen atoms in total. The Labute approximate surface area is 178 Å². The Morgan fingerprint density at radius 2 is 0.958 bits per heavy atom. The van der Waals surface area contributed by atoms with Crippen LogP contribution in [0.5, 0.6) is 0 Å². The molecule has 0 saturated carbocycles. The van der Waals surface area contributed by atoms with Gasteiger partial charge in [0.05, 0.1) is 0 Å². The zero-order valence-electron chi connectivity index (χ0n) is 13.9. The van der Waals surface area contributed by atoms with Crippen molar-refractivity contribution >= 4 is 55.9 Å². The van der Waals surface area contributed by atoms with E-state index in [-0.39, 0.29) is 50.7 Å². The Morgan fingerprint density at radius 3 is 1.29 bits per heavy atom. The molecule has 0 spiro atoms. The summed E-state index contributed by atoms with van der Waals surface area (Å²) in [6, 6.07) is 29.3. The standard InChI is InChI=1S/2C9H7.C2H6Si.2ClH.Hf/c2*1-2-5-9-7-3-6-8(9)4-1;1-3-2;;;/h2*1-7H;1-2H3;2*1H;/q2*-1;;;;. The van der Waals surface area contributed by atoms with E-state index < -0.39 is 0 Å². The van der Waals surface area contributed by atoms with Gasteiger partial charge in [-0.1, -0.05) is 25.2 Å². The summed E-state index contributed by atoms with van der Waals surface area (Å²) < 4.78 is 0. The molecule has 0 N–H and O–H groups in total. The van der Waals surface area contributed by atoms with E-state index in [2.05, 4.69) is 98.0 Å². The Morgan fingerprint density at radius 1 is 0.625 bits per heavy atom. The van der Waals surface area contributed by atoms with Crippen molar-refractivity contribution in [2.75, 3.05) is 0 Å². The number of rotatable bonds is 0. The average Bonchev–Trinajstić information content (AvgIpc) is 3.17. The average molecular weight is 540 g/mol. The largest absolute Gasteiger partial charge is 0.168 e. The molecule has 0 heterocycles. The van der Waals surface area contributed by atoms with Gasteiger partial charge >= 0.3 is 0 Å². The molecule has 0 aliphatic rings. The van der Waals surface area contributed by atoms with E-state index in [4.69, 9.17) is 0 Å². The van der Waals surface area contributed by atoms with Gasteiger partial charge in [0.1, 0.15) is 0 Å². The fourth-order valence-corrected chi connectivity index (χ4v) is 2.14. The van der Waals surface area contributed by atoms with E-state index in [0.29, 0.717) is 0 Å². The normalized spacial score (nSPS) is 8.42. The molecule has 0 aromatic heterocycles. The summed E-state index contributed by atoms with van der Waals surface area (Å²) in [7, 11) is 1.08. The first-order valence-electron chi connectivity index (χ1n) is 7.14. The third-order valence-electron chi connectivity index (χ3n) is 3.10. The summed E-state index contributed by atoms with van der Waals surface area (Å²) in [4.78, 5) is 0. The fourth-order valence-electron chi connectivity index (χ4n) is 2.14. The SMILES string of the molecule is C[Si]C.Cl.Cl.[Hf].c1ccc2[cH-]ccc2c1.c1ccc2[cH-]ccc2c1. The Balaban J connectivity index is 0. The van der Waals surface area contributed by atoms with Crippen LogP contribution in [-0.4, -0.2) is 9.52 Å². The maximum atomic E-state index is 2.15. The van der Waals surface area contributed by atoms with E-state index in [0.717, 1.165) is 9.52 Å². The Kier molecular flexibility index (Phi) is 15.6. The Hall–Kier alpha value is -0.673. The molecule has 4 heteroatoms. The van der Waals surface area contributed by atoms with Crippen molar-refractivity contribution in [3.63, 3.8) is 0 Å². The van der Waals surface area contributed by atoms with Crippen molar-refractivity contribution in [3.8, 4) is 0 Å². The first-order chi connectivity index (χ1) is 10.3. The number of hydrogen-bond acceptors (Lipinski definition) is 0. The summed E-state index contributed by atoms with van der Waals surface area (Å²) in [6.07, 6.45) is 0. The fraction of sp³-hybridized carbons (Fsp3) is 0.100. The van der Waals surface area contributed by atoms with Crippen molar-refractivity contribution < 1.29 is 25.8 Å². The molecule has 4 rings (SSSR count). The predicted octanol–water partition coefficient (Wildman–Crippen LogP) is 6.75. The second kappa shape index (κ2) is 14.7. The topological polar surface area (TPSA) is 0 Å². The van der Waals surface area contributed by atoms with E-state index in [1.54, 1.807) is 0 Å². The number of benzene rings is 2. The molecule has 4 aromatic carbocycles. The Bertz CT molecular complexity index is 651. The van der Waals surface area contributed by atoms with Crippen molar-refractivity contribution in [2.45, 2.75) is 13.1 Å². The monoisotopic (exact) mass is 540 g/mol. The molecule has 0 atom stereocenters. The maximum absolute atomic E-state index is 2.15. The van der Waals surface area contributed by atoms with Gasteiger partial charge in [-0.25, -0.2) is 0 Å². The van der Waals surface area contributed by atoms with Crippen molar-refractivity contribution in [3.05, 3.63) is 84.9 Å². The maximum Gasteiger partial charge on any atom is 0.0307 e. The molecular formula is C20H22Cl2HfSi-2. The molecular weight excluding hydrogens is 518 g/mol. The first kappa shape index (κ1) is 25.6. The van der Waals surface area contributed by atoms with Gasteiger partial charge in [-0.2, -0.15) is 35.0 Å². The van der Waals surface area contributed by atoms with Crippen molar-refractivity contribution in [1.29, 1.82) is 0 Å². The second-order valence-corrected chi connectivity index (χ2v) is 5.81. The number of hydrogen-bond donors (Lipinski definition) is 0. The zero-order valence-corrected chi connectivity index (χ0v) is 20.1. The van der Waals surface area contributed by atoms with Crippen LogP contribution >= 0.6 is 24.8 Å². The van der Waals surface area contributed by atoms with Crippen molar-refractivity contribution in [2.24, 2.45) is 0 Å². The van der Waals surface area contributed by atoms with Crippen LogP contribution in [0.3, 0.4) is 0 Å². The minimum Gasteiger partial charge on any atom is -0.168 e. The van der Waals surface area contributed by atoms with Gasteiger partial charge in [0.25, 0.3) is 0 Å². The summed E-state index contributed by atoms with van der Waals surface area (Å²) in [5, 5.41) is 5.32. The smallest absolute Gasteiger partial charge is 0.0307 e. The predicted molar refractivity (Wildman–Crippen MR) is 111 cm³/mol. The summed E-state index contributed by atoms with van der Waals surface area (Å²) >= 11 is 0. The molecule has 0 bridgehead atoms. The molecule has 0 saturated heterocycles. The first-order valence-corrected chi connectivity index (χ1v) is 9.14. The van der Waals surface area contributed by atoms with Crippen LogP contribution < -0.4 is 0 Å². The number of halogens is 2. The molecule has 24 heavy (non-hydrogen) atoms. The van der Waals surface area contributed by atoms with Gasteiger partial charge in [-0.3, -0.25) is 0 Å². The molecule has 2 radical (unpaired) electrons. The van der Waals surface area contributed by atoms with Crippen molar-refractivity contribution in [1.82, 2.24) is 0 Å². The van der Waals surface area contributed by atoms with Crippen LogP contribution in [-0.2, 0) is 25.8 Å². The zero-order chi connectivity index (χ0) is 14.9. The minimum atomic E-state index is 0. The summed E-state index contributed by atoms with van der Waals surface area (Å²) in [5.74, 6) is 0. The quantitative estimate of drug-likeness (QED) is 0.171. The molecule has 0 fully saturated rings. The minimum absolute atomic E-state index is 0. The van der Waals surface area contributed by atoms with Gasteiger partial charge in [0.15, 0.2) is 0 Å². The van der Waals surface area contributed by atoms with Crippen LogP contribution in [0.4, 0.5) is 0 Å². The molecule has 126 valence electrons. The molecule has 0 aliphatic carbocycles. The molecule has 0 unspecified atom stereocenters. The van der Waals surface area contributed by atoms with E-state index in [1.165, 1.54) is 21.5 Å². The van der Waals surface area contributed by atoms with Crippen LogP contribution in [0.2, 0.25) is 13.1 Å². The summed E-state index contributed by atoms with van der Waals surface area (Å²) in [6.45, 7) is 4.31. The van der Waals surface area contributed by atoms with Gasteiger partial charge in [0, 0.05) is 35.4 Å². The van der Waals surface area contributed by atoms with Gasteiger partial charge in [-0.05, 0) is 0 Å². The van der Waals surface area contributed by atoms with E-state index in [1.807, 2.05) is 0 Å². The third-order valence-corrected chi connectivity index (χ3v) is 3.10.